The zero-order valence-electron chi connectivity index (χ0n) is 11.9. The van der Waals surface area contributed by atoms with Gasteiger partial charge in [0.05, 0.1) is 7.11 Å². The van der Waals surface area contributed by atoms with Crippen molar-refractivity contribution in [2.75, 3.05) is 7.11 Å². The van der Waals surface area contributed by atoms with Crippen molar-refractivity contribution in [3.05, 3.63) is 64.1 Å². The topological polar surface area (TPSA) is 38.3 Å². The van der Waals surface area contributed by atoms with Gasteiger partial charge in [0.1, 0.15) is 5.75 Å². The Bertz CT molecular complexity index is 579. The summed E-state index contributed by atoms with van der Waals surface area (Å²) in [5, 5.41) is 2.93. The van der Waals surface area contributed by atoms with Crippen LogP contribution in [0.4, 0.5) is 0 Å². The summed E-state index contributed by atoms with van der Waals surface area (Å²) in [4.78, 5) is 11.8. The zero-order valence-corrected chi connectivity index (χ0v) is 13.5. The Morgan fingerprint density at radius 2 is 1.67 bits per heavy atom. The third kappa shape index (κ3) is 5.23. The van der Waals surface area contributed by atoms with Crippen molar-refractivity contribution in [2.24, 2.45) is 0 Å². The third-order valence-electron chi connectivity index (χ3n) is 3.20. The van der Waals surface area contributed by atoms with Crippen LogP contribution in [0.2, 0.25) is 0 Å². The summed E-state index contributed by atoms with van der Waals surface area (Å²) in [7, 11) is 1.64. The van der Waals surface area contributed by atoms with E-state index < -0.39 is 0 Å². The van der Waals surface area contributed by atoms with Crippen molar-refractivity contribution in [3.8, 4) is 5.75 Å². The molecule has 1 amide bonds. The highest BCUT2D eigenvalue weighted by atomic mass is 79.9. The van der Waals surface area contributed by atoms with Crippen LogP contribution in [-0.4, -0.2) is 13.0 Å². The summed E-state index contributed by atoms with van der Waals surface area (Å²) in [5.74, 6) is 0.896. The molecule has 0 heterocycles. The fourth-order valence-corrected chi connectivity index (χ4v) is 2.21. The summed E-state index contributed by atoms with van der Waals surface area (Å²) in [6.07, 6.45) is 1.22. The van der Waals surface area contributed by atoms with Gasteiger partial charge in [0.25, 0.3) is 0 Å². The van der Waals surface area contributed by atoms with E-state index in [9.17, 15) is 4.79 Å². The second kappa shape index (κ2) is 7.84. The van der Waals surface area contributed by atoms with Crippen molar-refractivity contribution in [1.82, 2.24) is 5.32 Å². The van der Waals surface area contributed by atoms with Gasteiger partial charge in [-0.15, -0.1) is 0 Å². The van der Waals surface area contributed by atoms with Crippen LogP contribution in [0, 0.1) is 0 Å². The number of ether oxygens (including phenoxy) is 1. The number of carbonyl (C=O) groups excluding carboxylic acids is 1. The van der Waals surface area contributed by atoms with E-state index >= 15 is 0 Å². The Kier molecular flexibility index (Phi) is 5.81. The molecular formula is C17H18BrNO2. The van der Waals surface area contributed by atoms with Crippen LogP contribution in [-0.2, 0) is 17.8 Å². The maximum atomic E-state index is 11.8. The number of nitrogens with one attached hydrogen (secondary N) is 1. The molecule has 21 heavy (non-hydrogen) atoms. The summed E-state index contributed by atoms with van der Waals surface area (Å²) < 4.78 is 6.15. The third-order valence-corrected chi connectivity index (χ3v) is 3.73. The Hall–Kier alpha value is -1.81. The van der Waals surface area contributed by atoms with Crippen LogP contribution in [0.3, 0.4) is 0 Å². The average molecular weight is 348 g/mol. The van der Waals surface area contributed by atoms with Crippen LogP contribution >= 0.6 is 15.9 Å². The Balaban J connectivity index is 1.75. The Labute approximate surface area is 133 Å². The van der Waals surface area contributed by atoms with Crippen LogP contribution in [0.25, 0.3) is 0 Å². The molecule has 0 saturated carbocycles. The molecule has 4 heteroatoms. The van der Waals surface area contributed by atoms with E-state index in [0.29, 0.717) is 13.0 Å². The minimum Gasteiger partial charge on any atom is -0.497 e. The van der Waals surface area contributed by atoms with Gasteiger partial charge >= 0.3 is 0 Å². The molecule has 0 radical (unpaired) electrons. The number of rotatable bonds is 6. The largest absolute Gasteiger partial charge is 0.497 e. The van der Waals surface area contributed by atoms with Crippen molar-refractivity contribution in [1.29, 1.82) is 0 Å². The maximum absolute atomic E-state index is 11.8. The van der Waals surface area contributed by atoms with Gasteiger partial charge in [0.2, 0.25) is 5.91 Å². The van der Waals surface area contributed by atoms with Gasteiger partial charge in [-0.1, -0.05) is 40.2 Å². The lowest BCUT2D eigenvalue weighted by Gasteiger charge is -2.06. The number of methoxy groups -OCH3 is 1. The smallest absolute Gasteiger partial charge is 0.220 e. The number of hydrogen-bond donors (Lipinski definition) is 1. The molecule has 0 aliphatic heterocycles. The number of hydrogen-bond acceptors (Lipinski definition) is 2. The molecule has 0 unspecified atom stereocenters. The van der Waals surface area contributed by atoms with Gasteiger partial charge in [-0.25, -0.2) is 0 Å². The van der Waals surface area contributed by atoms with E-state index in [0.717, 1.165) is 27.8 Å². The molecule has 0 aliphatic carbocycles. The van der Waals surface area contributed by atoms with Gasteiger partial charge in [-0.3, -0.25) is 4.79 Å². The van der Waals surface area contributed by atoms with Crippen molar-refractivity contribution < 1.29 is 9.53 Å². The Morgan fingerprint density at radius 1 is 1.05 bits per heavy atom. The molecule has 1 N–H and O–H groups in total. The molecule has 0 saturated heterocycles. The van der Waals surface area contributed by atoms with Gasteiger partial charge < -0.3 is 10.1 Å². The molecule has 2 rings (SSSR count). The Morgan fingerprint density at radius 3 is 2.29 bits per heavy atom. The van der Waals surface area contributed by atoms with Gasteiger partial charge in [0, 0.05) is 17.4 Å². The highest BCUT2D eigenvalue weighted by Gasteiger charge is 2.03. The summed E-state index contributed by atoms with van der Waals surface area (Å²) in [5.41, 5.74) is 2.23. The molecule has 0 fully saturated rings. The summed E-state index contributed by atoms with van der Waals surface area (Å²) in [6, 6.07) is 15.7. The maximum Gasteiger partial charge on any atom is 0.220 e. The zero-order chi connectivity index (χ0) is 15.1. The first kappa shape index (κ1) is 15.6. The molecule has 0 atom stereocenters. The number of amides is 1. The SMILES string of the molecule is COc1ccc(CCC(=O)NCc2ccc(Br)cc2)cc1. The molecule has 3 nitrogen and oxygen atoms in total. The van der Waals surface area contributed by atoms with Crippen LogP contribution in [0.5, 0.6) is 5.75 Å². The molecule has 2 aromatic rings. The van der Waals surface area contributed by atoms with Gasteiger partial charge in [-0.2, -0.15) is 0 Å². The molecular weight excluding hydrogens is 330 g/mol. The van der Waals surface area contributed by atoms with Crippen molar-refractivity contribution in [3.63, 3.8) is 0 Å². The minimum atomic E-state index is 0.0636. The van der Waals surface area contributed by atoms with Crippen LogP contribution < -0.4 is 10.1 Å². The highest BCUT2D eigenvalue weighted by molar-refractivity contribution is 9.10. The second-order valence-corrected chi connectivity index (χ2v) is 5.67. The van der Waals surface area contributed by atoms with E-state index in [1.807, 2.05) is 48.5 Å². The molecule has 2 aromatic carbocycles. The average Bonchev–Trinajstić information content (AvgIpc) is 2.53. The van der Waals surface area contributed by atoms with E-state index in [4.69, 9.17) is 4.74 Å². The minimum absolute atomic E-state index is 0.0636. The fourth-order valence-electron chi connectivity index (χ4n) is 1.94. The lowest BCUT2D eigenvalue weighted by molar-refractivity contribution is -0.121. The van der Waals surface area contributed by atoms with Gasteiger partial charge in [0.15, 0.2) is 0 Å². The van der Waals surface area contributed by atoms with E-state index in [2.05, 4.69) is 21.2 Å². The van der Waals surface area contributed by atoms with Gasteiger partial charge in [-0.05, 0) is 41.8 Å². The van der Waals surface area contributed by atoms with E-state index in [-0.39, 0.29) is 5.91 Å². The normalized spacial score (nSPS) is 10.2. The van der Waals surface area contributed by atoms with Crippen molar-refractivity contribution >= 4 is 21.8 Å². The number of halogens is 1. The monoisotopic (exact) mass is 347 g/mol. The standard InChI is InChI=1S/C17H18BrNO2/c1-21-16-9-4-13(5-10-16)6-11-17(20)19-12-14-2-7-15(18)8-3-14/h2-5,7-10H,6,11-12H2,1H3,(H,19,20). The molecule has 0 spiro atoms. The summed E-state index contributed by atoms with van der Waals surface area (Å²) >= 11 is 3.39. The number of carbonyl (C=O) groups is 1. The highest BCUT2D eigenvalue weighted by Crippen LogP contribution is 2.13. The van der Waals surface area contributed by atoms with E-state index in [1.165, 1.54) is 0 Å². The molecule has 0 aromatic heterocycles. The predicted molar refractivity (Wildman–Crippen MR) is 87.3 cm³/mol. The lowest BCUT2D eigenvalue weighted by atomic mass is 10.1. The first-order valence-corrected chi connectivity index (χ1v) is 7.61. The number of benzene rings is 2. The second-order valence-electron chi connectivity index (χ2n) is 4.75. The fraction of sp³-hybridized carbons (Fsp3) is 0.235. The number of aryl methyl sites for hydroxylation is 1. The first-order valence-electron chi connectivity index (χ1n) is 6.81. The van der Waals surface area contributed by atoms with Crippen LogP contribution in [0.15, 0.2) is 53.0 Å². The molecule has 0 aliphatic rings. The first-order chi connectivity index (χ1) is 10.2. The molecule has 110 valence electrons. The summed E-state index contributed by atoms with van der Waals surface area (Å²) in [6.45, 7) is 0.564. The van der Waals surface area contributed by atoms with E-state index in [1.54, 1.807) is 7.11 Å². The predicted octanol–water partition coefficient (Wildman–Crippen LogP) is 3.71. The quantitative estimate of drug-likeness (QED) is 0.864. The van der Waals surface area contributed by atoms with Crippen LogP contribution in [0.1, 0.15) is 17.5 Å². The molecule has 0 bridgehead atoms. The van der Waals surface area contributed by atoms with Crippen molar-refractivity contribution in [2.45, 2.75) is 19.4 Å². The lowest BCUT2D eigenvalue weighted by Crippen LogP contribution is -2.22.